The van der Waals surface area contributed by atoms with Crippen molar-refractivity contribution in [3.05, 3.63) is 33.5 Å². The van der Waals surface area contributed by atoms with Crippen molar-refractivity contribution in [2.24, 2.45) is 0 Å². The number of hydrogen-bond donors (Lipinski definition) is 1. The number of H-pyrrole nitrogens is 1. The lowest BCUT2D eigenvalue weighted by Gasteiger charge is -1.97. The van der Waals surface area contributed by atoms with Crippen molar-refractivity contribution in [3.8, 4) is 0 Å². The van der Waals surface area contributed by atoms with Crippen LogP contribution in [0.1, 0.15) is 17.0 Å². The summed E-state index contributed by atoms with van der Waals surface area (Å²) in [5.74, 6) is 0.616. The summed E-state index contributed by atoms with van der Waals surface area (Å²) in [6, 6.07) is 0. The molecule has 0 aliphatic heterocycles. The van der Waals surface area contributed by atoms with Crippen LogP contribution >= 0.6 is 0 Å². The number of aromatic amines is 1. The Bertz CT molecular complexity index is 521. The van der Waals surface area contributed by atoms with Gasteiger partial charge < -0.3 is 4.98 Å². The third kappa shape index (κ3) is 1.06. The van der Waals surface area contributed by atoms with E-state index in [0.29, 0.717) is 11.3 Å². The van der Waals surface area contributed by atoms with Crippen molar-refractivity contribution in [2.75, 3.05) is 0 Å². The Morgan fingerprint density at radius 3 is 2.77 bits per heavy atom. The Balaban J connectivity index is 3.01. The lowest BCUT2D eigenvalue weighted by atomic mass is 10.3. The zero-order chi connectivity index (χ0) is 9.59. The molecule has 1 N–H and O–H groups in total. The average Bonchev–Trinajstić information content (AvgIpc) is 2.42. The number of nitrogens with zero attached hydrogens (tertiary/aromatic N) is 2. The summed E-state index contributed by atoms with van der Waals surface area (Å²) >= 11 is 0. The monoisotopic (exact) mass is 177 g/mol. The topological polar surface area (TPSA) is 50.2 Å². The van der Waals surface area contributed by atoms with Gasteiger partial charge in [-0.25, -0.2) is 4.98 Å². The molecule has 0 aromatic carbocycles. The number of imidazole rings is 1. The molecule has 4 nitrogen and oxygen atoms in total. The molecule has 0 saturated heterocycles. The van der Waals surface area contributed by atoms with Gasteiger partial charge in [0.05, 0.1) is 0 Å². The summed E-state index contributed by atoms with van der Waals surface area (Å²) in [6.07, 6.45) is 1.76. The van der Waals surface area contributed by atoms with Crippen molar-refractivity contribution in [2.45, 2.75) is 20.8 Å². The van der Waals surface area contributed by atoms with Gasteiger partial charge in [0.2, 0.25) is 5.78 Å². The predicted octanol–water partition coefficient (Wildman–Crippen LogP) is 0.948. The summed E-state index contributed by atoms with van der Waals surface area (Å²) in [6.45, 7) is 5.53. The molecular weight excluding hydrogens is 166 g/mol. The maximum atomic E-state index is 11.7. The first-order valence-corrected chi connectivity index (χ1v) is 4.15. The lowest BCUT2D eigenvalue weighted by Crippen LogP contribution is -2.17. The Hall–Kier alpha value is -1.58. The minimum Gasteiger partial charge on any atom is -0.328 e. The van der Waals surface area contributed by atoms with E-state index in [0.717, 1.165) is 11.4 Å². The fraction of sp³-hybridized carbons (Fsp3) is 0.333. The summed E-state index contributed by atoms with van der Waals surface area (Å²) in [5, 5.41) is 0. The molecule has 0 fully saturated rings. The van der Waals surface area contributed by atoms with Crippen LogP contribution in [0.5, 0.6) is 0 Å². The van der Waals surface area contributed by atoms with Gasteiger partial charge >= 0.3 is 0 Å². The smallest absolute Gasteiger partial charge is 0.262 e. The second kappa shape index (κ2) is 2.45. The zero-order valence-electron chi connectivity index (χ0n) is 7.88. The van der Waals surface area contributed by atoms with Gasteiger partial charge in [0, 0.05) is 23.1 Å². The highest BCUT2D eigenvalue weighted by molar-refractivity contribution is 5.34. The first-order chi connectivity index (χ1) is 6.09. The highest BCUT2D eigenvalue weighted by Crippen LogP contribution is 2.02. The lowest BCUT2D eigenvalue weighted by molar-refractivity contribution is 0.988. The Morgan fingerprint density at radius 1 is 1.38 bits per heavy atom. The Morgan fingerprint density at radius 2 is 2.08 bits per heavy atom. The van der Waals surface area contributed by atoms with Crippen LogP contribution in [0.4, 0.5) is 0 Å². The molecular formula is C9H11N3O. The molecule has 0 amide bonds. The van der Waals surface area contributed by atoms with Crippen LogP contribution in [0.2, 0.25) is 0 Å². The third-order valence-corrected chi connectivity index (χ3v) is 2.22. The van der Waals surface area contributed by atoms with Crippen molar-refractivity contribution >= 4 is 5.78 Å². The fourth-order valence-corrected chi connectivity index (χ4v) is 1.34. The van der Waals surface area contributed by atoms with Gasteiger partial charge in [-0.1, -0.05) is 0 Å². The molecule has 0 spiro atoms. The van der Waals surface area contributed by atoms with Crippen LogP contribution in [-0.4, -0.2) is 14.4 Å². The number of aromatic nitrogens is 3. The van der Waals surface area contributed by atoms with Crippen LogP contribution in [0, 0.1) is 20.8 Å². The van der Waals surface area contributed by atoms with Gasteiger partial charge in [-0.3, -0.25) is 9.20 Å². The van der Waals surface area contributed by atoms with Crippen molar-refractivity contribution in [1.29, 1.82) is 0 Å². The molecule has 0 aliphatic rings. The number of nitrogens with one attached hydrogen (secondary N) is 1. The predicted molar refractivity (Wildman–Crippen MR) is 50.0 cm³/mol. The van der Waals surface area contributed by atoms with Gasteiger partial charge in [-0.15, -0.1) is 0 Å². The maximum Gasteiger partial charge on any atom is 0.262 e. The fourth-order valence-electron chi connectivity index (χ4n) is 1.34. The summed E-state index contributed by atoms with van der Waals surface area (Å²) in [5.41, 5.74) is 2.44. The highest BCUT2D eigenvalue weighted by atomic mass is 16.1. The van der Waals surface area contributed by atoms with E-state index in [1.807, 2.05) is 13.8 Å². The van der Waals surface area contributed by atoms with Gasteiger partial charge in [0.15, 0.2) is 0 Å². The number of hydrogen-bond acceptors (Lipinski definition) is 2. The van der Waals surface area contributed by atoms with E-state index < -0.39 is 0 Å². The standard InChI is InChI=1S/C9H11N3O/c1-5-4-12-8(13)6(2)7(3)11-9(12)10-5/h4H,1-3H3,(H,10,11). The van der Waals surface area contributed by atoms with Crippen molar-refractivity contribution in [3.63, 3.8) is 0 Å². The molecule has 0 saturated carbocycles. The van der Waals surface area contributed by atoms with E-state index in [9.17, 15) is 4.79 Å². The van der Waals surface area contributed by atoms with E-state index in [4.69, 9.17) is 0 Å². The molecule has 0 unspecified atom stereocenters. The van der Waals surface area contributed by atoms with E-state index in [1.54, 1.807) is 13.1 Å². The third-order valence-electron chi connectivity index (χ3n) is 2.22. The first kappa shape index (κ1) is 8.04. The molecule has 2 aromatic rings. The van der Waals surface area contributed by atoms with Crippen LogP contribution in [-0.2, 0) is 0 Å². The minimum absolute atomic E-state index is 0.00634. The molecule has 2 rings (SSSR count). The zero-order valence-corrected chi connectivity index (χ0v) is 7.88. The molecule has 0 atom stereocenters. The van der Waals surface area contributed by atoms with Gasteiger partial charge in [-0.2, -0.15) is 0 Å². The quantitative estimate of drug-likeness (QED) is 0.651. The van der Waals surface area contributed by atoms with E-state index >= 15 is 0 Å². The summed E-state index contributed by atoms with van der Waals surface area (Å²) in [7, 11) is 0. The molecule has 0 bridgehead atoms. The van der Waals surface area contributed by atoms with Crippen LogP contribution in [0.3, 0.4) is 0 Å². The first-order valence-electron chi connectivity index (χ1n) is 4.15. The SMILES string of the molecule is Cc1cn2c(=O)c(C)c(C)nc2[nH]1. The van der Waals surface area contributed by atoms with Crippen LogP contribution in [0.15, 0.2) is 11.0 Å². The van der Waals surface area contributed by atoms with Crippen LogP contribution in [0.25, 0.3) is 5.78 Å². The van der Waals surface area contributed by atoms with E-state index in [1.165, 1.54) is 4.40 Å². The minimum atomic E-state index is 0.00634. The number of aryl methyl sites for hydroxylation is 2. The second-order valence-electron chi connectivity index (χ2n) is 3.26. The van der Waals surface area contributed by atoms with Crippen molar-refractivity contribution < 1.29 is 0 Å². The largest absolute Gasteiger partial charge is 0.328 e. The van der Waals surface area contributed by atoms with Gasteiger partial charge in [-0.05, 0) is 20.8 Å². The summed E-state index contributed by atoms with van der Waals surface area (Å²) < 4.78 is 1.54. The molecule has 0 radical (unpaired) electrons. The highest BCUT2D eigenvalue weighted by Gasteiger charge is 2.06. The second-order valence-corrected chi connectivity index (χ2v) is 3.26. The molecule has 2 heterocycles. The molecule has 13 heavy (non-hydrogen) atoms. The number of fused-ring (bicyclic) bond motifs is 1. The average molecular weight is 177 g/mol. The normalized spacial score (nSPS) is 11.0. The number of rotatable bonds is 0. The van der Waals surface area contributed by atoms with Gasteiger partial charge in [0.25, 0.3) is 5.56 Å². The maximum absolute atomic E-state index is 11.7. The van der Waals surface area contributed by atoms with E-state index in [2.05, 4.69) is 9.97 Å². The van der Waals surface area contributed by atoms with Crippen LogP contribution < -0.4 is 5.56 Å². The Labute approximate surface area is 75.2 Å². The van der Waals surface area contributed by atoms with Crippen molar-refractivity contribution in [1.82, 2.24) is 14.4 Å². The molecule has 68 valence electrons. The Kier molecular flexibility index (Phi) is 1.52. The van der Waals surface area contributed by atoms with E-state index in [-0.39, 0.29) is 5.56 Å². The van der Waals surface area contributed by atoms with Gasteiger partial charge in [0.1, 0.15) is 0 Å². The molecule has 2 aromatic heterocycles. The molecule has 4 heteroatoms. The summed E-state index contributed by atoms with van der Waals surface area (Å²) in [4.78, 5) is 18.9. The molecule has 0 aliphatic carbocycles.